The first-order valence-electron chi connectivity index (χ1n) is 4.74. The predicted octanol–water partition coefficient (Wildman–Crippen LogP) is 4.43. The van der Waals surface area contributed by atoms with E-state index < -0.39 is 17.0 Å². The van der Waals surface area contributed by atoms with Gasteiger partial charge in [0, 0.05) is 5.56 Å². The van der Waals surface area contributed by atoms with Crippen molar-refractivity contribution >= 4 is 11.6 Å². The Morgan fingerprint density at radius 1 is 1.36 bits per heavy atom. The van der Waals surface area contributed by atoms with E-state index in [1.165, 1.54) is 6.07 Å². The first-order chi connectivity index (χ1) is 6.65. The van der Waals surface area contributed by atoms with Crippen molar-refractivity contribution in [3.63, 3.8) is 0 Å². The zero-order valence-electron chi connectivity index (χ0n) is 8.06. The summed E-state index contributed by atoms with van der Waals surface area (Å²) in [5.41, 5.74) is 0.264. The fourth-order valence-corrected chi connectivity index (χ4v) is 1.62. The molecule has 0 aliphatic heterocycles. The summed E-state index contributed by atoms with van der Waals surface area (Å²) < 4.78 is 26.0. The smallest absolute Gasteiger partial charge is 0.128 e. The first kappa shape index (κ1) is 11.4. The summed E-state index contributed by atoms with van der Waals surface area (Å²) in [5, 5.41) is -0.425. The van der Waals surface area contributed by atoms with Gasteiger partial charge in [-0.2, -0.15) is 0 Å². The van der Waals surface area contributed by atoms with Crippen molar-refractivity contribution in [2.24, 2.45) is 0 Å². The summed E-state index contributed by atoms with van der Waals surface area (Å²) in [6.07, 6.45) is 2.60. The van der Waals surface area contributed by atoms with Crippen LogP contribution in [0.25, 0.3) is 0 Å². The topological polar surface area (TPSA) is 0 Å². The van der Waals surface area contributed by atoms with Crippen molar-refractivity contribution < 1.29 is 8.78 Å². The second-order valence-electron chi connectivity index (χ2n) is 3.28. The van der Waals surface area contributed by atoms with Gasteiger partial charge in [-0.25, -0.2) is 8.78 Å². The zero-order chi connectivity index (χ0) is 10.6. The van der Waals surface area contributed by atoms with E-state index in [4.69, 9.17) is 11.6 Å². The maximum Gasteiger partial charge on any atom is 0.128 e. The molecule has 0 bridgehead atoms. The molecule has 1 rings (SSSR count). The van der Waals surface area contributed by atoms with Crippen LogP contribution in [0.4, 0.5) is 8.78 Å². The maximum atomic E-state index is 13.2. The monoisotopic (exact) mass is 218 g/mol. The number of alkyl halides is 1. The molecule has 1 aromatic rings. The Balaban J connectivity index is 2.77. The Bertz CT molecular complexity index is 299. The molecule has 0 aliphatic carbocycles. The van der Waals surface area contributed by atoms with Gasteiger partial charge in [-0.05, 0) is 24.6 Å². The van der Waals surface area contributed by atoms with E-state index in [0.717, 1.165) is 25.0 Å². The average Bonchev–Trinajstić information content (AvgIpc) is 2.18. The lowest BCUT2D eigenvalue weighted by molar-refractivity contribution is 0.573. The van der Waals surface area contributed by atoms with Crippen LogP contribution < -0.4 is 0 Å². The van der Waals surface area contributed by atoms with Gasteiger partial charge in [0.1, 0.15) is 11.6 Å². The van der Waals surface area contributed by atoms with E-state index in [-0.39, 0.29) is 5.56 Å². The van der Waals surface area contributed by atoms with E-state index in [1.54, 1.807) is 0 Å². The molecule has 1 unspecified atom stereocenters. The molecule has 0 saturated carbocycles. The van der Waals surface area contributed by atoms with Crippen LogP contribution in [0.3, 0.4) is 0 Å². The van der Waals surface area contributed by atoms with Crippen LogP contribution in [0.5, 0.6) is 0 Å². The summed E-state index contributed by atoms with van der Waals surface area (Å²) in [4.78, 5) is 0. The second-order valence-corrected chi connectivity index (χ2v) is 3.80. The van der Waals surface area contributed by atoms with Crippen molar-refractivity contribution in [2.75, 3.05) is 0 Å². The van der Waals surface area contributed by atoms with Crippen LogP contribution in [0.2, 0.25) is 0 Å². The third-order valence-electron chi connectivity index (χ3n) is 2.11. The summed E-state index contributed by atoms with van der Waals surface area (Å²) in [5.74, 6) is -0.869. The molecule has 78 valence electrons. The SMILES string of the molecule is CCCCC(Cl)c1cc(F)ccc1F. The lowest BCUT2D eigenvalue weighted by Crippen LogP contribution is -1.96. The van der Waals surface area contributed by atoms with E-state index in [1.807, 2.05) is 6.92 Å². The lowest BCUT2D eigenvalue weighted by atomic mass is 10.1. The second kappa shape index (κ2) is 5.30. The molecule has 0 radical (unpaired) electrons. The third-order valence-corrected chi connectivity index (χ3v) is 2.56. The summed E-state index contributed by atoms with van der Waals surface area (Å²) in [7, 11) is 0. The Labute approximate surface area is 87.9 Å². The van der Waals surface area contributed by atoms with Gasteiger partial charge < -0.3 is 0 Å². The Hall–Kier alpha value is -0.630. The van der Waals surface area contributed by atoms with Crippen molar-refractivity contribution in [1.29, 1.82) is 0 Å². The predicted molar refractivity (Wildman–Crippen MR) is 54.5 cm³/mol. The fraction of sp³-hybridized carbons (Fsp3) is 0.455. The van der Waals surface area contributed by atoms with Crippen molar-refractivity contribution in [2.45, 2.75) is 31.6 Å². The van der Waals surface area contributed by atoms with E-state index in [0.29, 0.717) is 6.42 Å². The molecule has 0 nitrogen and oxygen atoms in total. The largest absolute Gasteiger partial charge is 0.207 e. The van der Waals surface area contributed by atoms with Gasteiger partial charge in [0.15, 0.2) is 0 Å². The molecule has 0 N–H and O–H groups in total. The van der Waals surface area contributed by atoms with Gasteiger partial charge in [-0.15, -0.1) is 11.6 Å². The number of rotatable bonds is 4. The van der Waals surface area contributed by atoms with Crippen molar-refractivity contribution in [3.05, 3.63) is 35.4 Å². The Morgan fingerprint density at radius 2 is 2.07 bits per heavy atom. The van der Waals surface area contributed by atoms with Gasteiger partial charge in [0.25, 0.3) is 0 Å². The molecule has 0 saturated heterocycles. The van der Waals surface area contributed by atoms with E-state index in [9.17, 15) is 8.78 Å². The van der Waals surface area contributed by atoms with E-state index >= 15 is 0 Å². The molecule has 0 fully saturated rings. The Kier molecular flexibility index (Phi) is 4.33. The van der Waals surface area contributed by atoms with Crippen LogP contribution >= 0.6 is 11.6 Å². The lowest BCUT2D eigenvalue weighted by Gasteiger charge is -2.09. The zero-order valence-corrected chi connectivity index (χ0v) is 8.82. The molecule has 0 aromatic heterocycles. The quantitative estimate of drug-likeness (QED) is 0.656. The molecule has 0 heterocycles. The number of unbranched alkanes of at least 4 members (excludes halogenated alkanes) is 1. The summed E-state index contributed by atoms with van der Waals surface area (Å²) >= 11 is 5.96. The van der Waals surface area contributed by atoms with Crippen LogP contribution in [0, 0.1) is 11.6 Å². The van der Waals surface area contributed by atoms with Crippen LogP contribution in [0.1, 0.15) is 37.1 Å². The van der Waals surface area contributed by atoms with Gasteiger partial charge >= 0.3 is 0 Å². The highest BCUT2D eigenvalue weighted by atomic mass is 35.5. The normalized spacial score (nSPS) is 12.9. The molecule has 1 atom stereocenters. The molecule has 0 spiro atoms. The minimum absolute atomic E-state index is 0.264. The standard InChI is InChI=1S/C11H13ClF2/c1-2-3-4-10(12)9-7-8(13)5-6-11(9)14/h5-7,10H,2-4H2,1H3. The van der Waals surface area contributed by atoms with Crippen LogP contribution in [0.15, 0.2) is 18.2 Å². The van der Waals surface area contributed by atoms with Gasteiger partial charge in [0.05, 0.1) is 5.38 Å². The van der Waals surface area contributed by atoms with Gasteiger partial charge in [-0.1, -0.05) is 19.8 Å². The maximum absolute atomic E-state index is 13.2. The van der Waals surface area contributed by atoms with Crippen molar-refractivity contribution in [1.82, 2.24) is 0 Å². The highest BCUT2D eigenvalue weighted by Gasteiger charge is 2.13. The number of hydrogen-bond acceptors (Lipinski definition) is 0. The Morgan fingerprint density at radius 3 is 2.71 bits per heavy atom. The molecule has 1 aromatic carbocycles. The number of benzene rings is 1. The highest BCUT2D eigenvalue weighted by molar-refractivity contribution is 6.20. The molecule has 0 aliphatic rings. The molecule has 3 heteroatoms. The number of hydrogen-bond donors (Lipinski definition) is 0. The molecule has 14 heavy (non-hydrogen) atoms. The summed E-state index contributed by atoms with van der Waals surface area (Å²) in [6, 6.07) is 3.39. The minimum Gasteiger partial charge on any atom is -0.207 e. The van der Waals surface area contributed by atoms with Crippen LogP contribution in [-0.4, -0.2) is 0 Å². The minimum atomic E-state index is -0.441. The van der Waals surface area contributed by atoms with E-state index in [2.05, 4.69) is 0 Å². The third kappa shape index (κ3) is 2.95. The molecule has 0 amide bonds. The average molecular weight is 219 g/mol. The fourth-order valence-electron chi connectivity index (χ4n) is 1.29. The highest BCUT2D eigenvalue weighted by Crippen LogP contribution is 2.28. The summed E-state index contributed by atoms with van der Waals surface area (Å²) in [6.45, 7) is 2.03. The van der Waals surface area contributed by atoms with Crippen LogP contribution in [-0.2, 0) is 0 Å². The first-order valence-corrected chi connectivity index (χ1v) is 5.17. The molecular weight excluding hydrogens is 206 g/mol. The number of halogens is 3. The van der Waals surface area contributed by atoms with Crippen molar-refractivity contribution in [3.8, 4) is 0 Å². The molecular formula is C11H13ClF2. The van der Waals surface area contributed by atoms with Gasteiger partial charge in [-0.3, -0.25) is 0 Å². The van der Waals surface area contributed by atoms with Gasteiger partial charge in [0.2, 0.25) is 0 Å².